The fourth-order valence-corrected chi connectivity index (χ4v) is 6.27. The molecule has 0 aliphatic carbocycles. The average Bonchev–Trinajstić information content (AvgIpc) is 3.74. The summed E-state index contributed by atoms with van der Waals surface area (Å²) in [5.41, 5.74) is 3.79. The lowest BCUT2D eigenvalue weighted by atomic mass is 9.77. The third-order valence-corrected chi connectivity index (χ3v) is 8.65. The number of rotatable bonds is 10. The summed E-state index contributed by atoms with van der Waals surface area (Å²) < 4.78 is 13.7. The number of hydrogen-bond donors (Lipinski definition) is 3. The molecule has 10 nitrogen and oxygen atoms in total. The zero-order valence-corrected chi connectivity index (χ0v) is 25.7. The summed E-state index contributed by atoms with van der Waals surface area (Å²) in [5.74, 6) is 0.769. The number of methoxy groups -OCH3 is 1. The van der Waals surface area contributed by atoms with Gasteiger partial charge in [-0.15, -0.1) is 0 Å². The second kappa shape index (κ2) is 13.1. The molecule has 2 aromatic heterocycles. The van der Waals surface area contributed by atoms with E-state index in [1.165, 1.54) is 6.33 Å². The van der Waals surface area contributed by atoms with Crippen molar-refractivity contribution in [1.82, 2.24) is 24.8 Å². The van der Waals surface area contributed by atoms with Gasteiger partial charge in [0, 0.05) is 18.5 Å². The van der Waals surface area contributed by atoms with Crippen molar-refractivity contribution < 1.29 is 19.4 Å². The molecule has 7 rings (SSSR count). The number of imidazole rings is 1. The number of ether oxygens (including phenoxy) is 2. The van der Waals surface area contributed by atoms with E-state index in [1.54, 1.807) is 42.3 Å². The number of nitrogens with one attached hydrogen (secondary N) is 2. The fraction of sp³-hybridized carbons (Fsp3) is 0.189. The lowest BCUT2D eigenvalue weighted by Crippen LogP contribution is -2.49. The minimum atomic E-state index is -0.760. The summed E-state index contributed by atoms with van der Waals surface area (Å²) in [6, 6.07) is 37.4. The van der Waals surface area contributed by atoms with Gasteiger partial charge in [-0.1, -0.05) is 91.0 Å². The van der Waals surface area contributed by atoms with Gasteiger partial charge in [0.1, 0.15) is 18.3 Å². The highest BCUT2D eigenvalue weighted by Gasteiger charge is 2.41. The number of hydrogen-bond acceptors (Lipinski definition) is 8. The molecule has 0 saturated carbocycles. The Kier molecular flexibility index (Phi) is 8.45. The first-order chi connectivity index (χ1) is 23.1. The van der Waals surface area contributed by atoms with Crippen LogP contribution in [-0.4, -0.2) is 56.4 Å². The summed E-state index contributed by atoms with van der Waals surface area (Å²) >= 11 is 0. The number of amides is 1. The maximum absolute atomic E-state index is 12.8. The Balaban J connectivity index is 1.17. The van der Waals surface area contributed by atoms with E-state index < -0.39 is 24.0 Å². The van der Waals surface area contributed by atoms with E-state index in [-0.39, 0.29) is 5.91 Å². The maximum Gasteiger partial charge on any atom is 0.256 e. The minimum Gasteiger partial charge on any atom is -0.497 e. The van der Waals surface area contributed by atoms with Gasteiger partial charge < -0.3 is 19.9 Å². The van der Waals surface area contributed by atoms with Gasteiger partial charge in [0.15, 0.2) is 17.0 Å². The highest BCUT2D eigenvalue weighted by molar-refractivity contribution is 6.06. The topological polar surface area (TPSA) is 123 Å². The van der Waals surface area contributed by atoms with Gasteiger partial charge in [-0.3, -0.25) is 14.7 Å². The smallest absolute Gasteiger partial charge is 0.256 e. The van der Waals surface area contributed by atoms with Gasteiger partial charge in [0.25, 0.3) is 5.91 Å². The molecule has 6 aromatic rings. The van der Waals surface area contributed by atoms with Crippen molar-refractivity contribution in [2.75, 3.05) is 19.0 Å². The van der Waals surface area contributed by atoms with Crippen LogP contribution < -0.4 is 15.4 Å². The van der Waals surface area contributed by atoms with E-state index in [0.717, 1.165) is 22.4 Å². The number of carbonyl (C=O) groups excluding carboxylic acids is 1. The van der Waals surface area contributed by atoms with Crippen LogP contribution in [0.15, 0.2) is 128 Å². The van der Waals surface area contributed by atoms with Gasteiger partial charge in [0.2, 0.25) is 0 Å². The van der Waals surface area contributed by atoms with Crippen molar-refractivity contribution >= 4 is 22.9 Å². The molecule has 1 amide bonds. The normalized spacial score (nSPS) is 17.9. The quantitative estimate of drug-likeness (QED) is 0.175. The van der Waals surface area contributed by atoms with E-state index in [0.29, 0.717) is 35.5 Å². The van der Waals surface area contributed by atoms with Gasteiger partial charge in [-0.2, -0.15) is 0 Å². The third kappa shape index (κ3) is 5.85. The molecule has 0 radical (unpaired) electrons. The first-order valence-corrected chi connectivity index (χ1v) is 15.4. The Morgan fingerprint density at radius 3 is 2.13 bits per heavy atom. The molecule has 3 atom stereocenters. The van der Waals surface area contributed by atoms with Crippen molar-refractivity contribution in [1.29, 1.82) is 0 Å². The number of aliphatic hydroxyl groups is 1. The van der Waals surface area contributed by atoms with Crippen LogP contribution in [0.5, 0.6) is 5.75 Å². The molecule has 0 spiro atoms. The van der Waals surface area contributed by atoms with E-state index >= 15 is 0 Å². The standard InChI is InChI=1S/C37H34N6O4/c1-46-29-19-17-28(18-20-29)37(26-13-7-3-8-14-26,27-15-9-4-10-16-27)41-22-31-30(44)21-32(47-31)43-24-40-33-34(38-23-39-35(33)43)42-36(45)25-11-5-2-6-12-25/h2-20,23-24,30-32,41,44H,21-22H2,1H3,(H,38,39,42,45)/t30-,31+,32+/m0/s1. The van der Waals surface area contributed by atoms with Crippen molar-refractivity contribution in [3.63, 3.8) is 0 Å². The number of nitrogens with zero attached hydrogens (tertiary/aromatic N) is 4. The number of fused-ring (bicyclic) bond motifs is 1. The predicted octanol–water partition coefficient (Wildman–Crippen LogP) is 5.32. The lowest BCUT2D eigenvalue weighted by Gasteiger charge is -2.38. The van der Waals surface area contributed by atoms with E-state index in [9.17, 15) is 9.90 Å². The molecule has 1 aliphatic rings. The van der Waals surface area contributed by atoms with Crippen LogP contribution in [0, 0.1) is 0 Å². The maximum atomic E-state index is 12.8. The molecule has 10 heteroatoms. The molecule has 3 N–H and O–H groups in total. The number of carbonyl (C=O) groups is 1. The molecule has 1 saturated heterocycles. The summed E-state index contributed by atoms with van der Waals surface area (Å²) in [6.45, 7) is 0.341. The second-order valence-corrected chi connectivity index (χ2v) is 11.4. The third-order valence-electron chi connectivity index (χ3n) is 8.65. The predicted molar refractivity (Wildman–Crippen MR) is 178 cm³/mol. The number of anilines is 1. The second-order valence-electron chi connectivity index (χ2n) is 11.4. The summed E-state index contributed by atoms with van der Waals surface area (Å²) in [5, 5.41) is 18.0. The Hall–Kier alpha value is -5.42. The molecule has 0 unspecified atom stereocenters. The van der Waals surface area contributed by atoms with Crippen LogP contribution in [0.3, 0.4) is 0 Å². The van der Waals surface area contributed by atoms with Crippen LogP contribution >= 0.6 is 0 Å². The Morgan fingerprint density at radius 1 is 0.872 bits per heavy atom. The molecule has 3 heterocycles. The van der Waals surface area contributed by atoms with E-state index in [2.05, 4.69) is 62.0 Å². The van der Waals surface area contributed by atoms with Gasteiger partial charge >= 0.3 is 0 Å². The number of aliphatic hydroxyl groups excluding tert-OH is 1. The van der Waals surface area contributed by atoms with E-state index in [1.807, 2.05) is 54.6 Å². The van der Waals surface area contributed by atoms with Crippen LogP contribution in [0.25, 0.3) is 11.2 Å². The molecule has 47 heavy (non-hydrogen) atoms. The summed E-state index contributed by atoms with van der Waals surface area (Å²) in [7, 11) is 1.65. The zero-order valence-electron chi connectivity index (χ0n) is 25.7. The van der Waals surface area contributed by atoms with Gasteiger partial charge in [-0.25, -0.2) is 15.0 Å². The van der Waals surface area contributed by atoms with Crippen molar-refractivity contribution in [3.05, 3.63) is 150 Å². The van der Waals surface area contributed by atoms with Gasteiger partial charge in [-0.05, 0) is 41.0 Å². The van der Waals surface area contributed by atoms with Crippen LogP contribution in [0.4, 0.5) is 5.82 Å². The molecule has 1 fully saturated rings. The van der Waals surface area contributed by atoms with Crippen LogP contribution in [0.1, 0.15) is 39.7 Å². The zero-order chi connectivity index (χ0) is 32.2. The molecule has 1 aliphatic heterocycles. The summed E-state index contributed by atoms with van der Waals surface area (Å²) in [6.07, 6.45) is 1.50. The van der Waals surface area contributed by atoms with Crippen LogP contribution in [0.2, 0.25) is 0 Å². The Labute approximate surface area is 272 Å². The summed E-state index contributed by atoms with van der Waals surface area (Å²) in [4.78, 5) is 26.1. The van der Waals surface area contributed by atoms with Crippen LogP contribution in [-0.2, 0) is 10.3 Å². The average molecular weight is 627 g/mol. The van der Waals surface area contributed by atoms with Crippen molar-refractivity contribution in [3.8, 4) is 5.75 Å². The molecule has 4 aromatic carbocycles. The number of aromatic nitrogens is 4. The largest absolute Gasteiger partial charge is 0.497 e. The van der Waals surface area contributed by atoms with Crippen molar-refractivity contribution in [2.24, 2.45) is 0 Å². The Bertz CT molecular complexity index is 1910. The molecular weight excluding hydrogens is 592 g/mol. The molecular formula is C37H34N6O4. The van der Waals surface area contributed by atoms with Gasteiger partial charge in [0.05, 0.1) is 31.2 Å². The first kappa shape index (κ1) is 30.2. The number of benzene rings is 4. The molecule has 236 valence electrons. The monoisotopic (exact) mass is 626 g/mol. The SMILES string of the molecule is COc1ccc(C(NC[C@H]2O[C@@H](n3cnc4c(NC(=O)c5ccccc5)ncnc43)C[C@@H]2O)(c2ccccc2)c2ccccc2)cc1. The lowest BCUT2D eigenvalue weighted by molar-refractivity contribution is -0.0178. The Morgan fingerprint density at radius 2 is 1.49 bits per heavy atom. The first-order valence-electron chi connectivity index (χ1n) is 15.4. The highest BCUT2D eigenvalue weighted by Crippen LogP contribution is 2.39. The highest BCUT2D eigenvalue weighted by atomic mass is 16.5. The minimum absolute atomic E-state index is 0.295. The molecule has 0 bridgehead atoms. The van der Waals surface area contributed by atoms with Crippen molar-refractivity contribution in [2.45, 2.75) is 30.4 Å². The van der Waals surface area contributed by atoms with E-state index in [4.69, 9.17) is 9.47 Å². The fourth-order valence-electron chi connectivity index (χ4n) is 6.27.